The van der Waals surface area contributed by atoms with E-state index in [0.29, 0.717) is 16.9 Å². The fourth-order valence-electron chi connectivity index (χ4n) is 4.67. The predicted molar refractivity (Wildman–Crippen MR) is 142 cm³/mol. The van der Waals surface area contributed by atoms with Crippen LogP contribution in [0.5, 0.6) is 0 Å². The summed E-state index contributed by atoms with van der Waals surface area (Å²) in [5.74, 6) is -2.46. The van der Waals surface area contributed by atoms with Crippen LogP contribution in [0.25, 0.3) is 10.2 Å². The second-order valence-corrected chi connectivity index (χ2v) is 12.0. The zero-order valence-corrected chi connectivity index (χ0v) is 22.3. The maximum atomic E-state index is 14.2. The molecule has 11 heteroatoms. The number of hydrogen-bond acceptors (Lipinski definition) is 6. The van der Waals surface area contributed by atoms with Crippen LogP contribution in [0.4, 0.5) is 13.9 Å². The van der Waals surface area contributed by atoms with Gasteiger partial charge < -0.3 is 0 Å². The van der Waals surface area contributed by atoms with Crippen molar-refractivity contribution in [2.45, 2.75) is 37.6 Å². The first-order chi connectivity index (χ1) is 18.3. The van der Waals surface area contributed by atoms with Gasteiger partial charge in [-0.15, -0.1) is 0 Å². The van der Waals surface area contributed by atoms with Crippen LogP contribution in [0.3, 0.4) is 0 Å². The van der Waals surface area contributed by atoms with E-state index in [1.165, 1.54) is 11.3 Å². The number of para-hydroxylation sites is 1. The molecule has 38 heavy (non-hydrogen) atoms. The topological polar surface area (TPSA) is 83.5 Å². The normalized spacial score (nSPS) is 15.1. The molecule has 1 aliphatic rings. The third-order valence-corrected chi connectivity index (χ3v) is 9.69. The first-order valence-electron chi connectivity index (χ1n) is 12.3. The molecule has 0 atom stereocenters. The number of rotatable bonds is 7. The van der Waals surface area contributed by atoms with E-state index in [9.17, 15) is 22.0 Å². The van der Waals surface area contributed by atoms with Crippen molar-refractivity contribution in [3.8, 4) is 0 Å². The average Bonchev–Trinajstić information content (AvgIpc) is 3.37. The number of pyridine rings is 1. The molecule has 1 aliphatic heterocycles. The third kappa shape index (κ3) is 5.18. The number of sulfonamides is 1. The summed E-state index contributed by atoms with van der Waals surface area (Å²) < 4.78 is 56.0. The van der Waals surface area contributed by atoms with Gasteiger partial charge in [-0.3, -0.25) is 14.7 Å². The van der Waals surface area contributed by atoms with Crippen molar-refractivity contribution in [2.75, 3.05) is 18.0 Å². The number of carbonyl (C=O) groups is 1. The highest BCUT2D eigenvalue weighted by Gasteiger charge is 2.36. The molecule has 1 saturated heterocycles. The van der Waals surface area contributed by atoms with Gasteiger partial charge in [0, 0.05) is 25.2 Å². The minimum absolute atomic E-state index is 0.0198. The number of amides is 1. The van der Waals surface area contributed by atoms with Gasteiger partial charge in [-0.2, -0.15) is 4.31 Å². The standard InChI is InChI=1S/C27H26F2N4O3S2/c1-2-18-6-5-8-23-25(18)31-27(37-23)33(17-21-7-3-4-13-30-21)26(34)19-11-14-32(15-12-19)38(35,36)24-16-20(28)9-10-22(24)29/h3-10,13,16,19H,2,11-12,14-15,17H2,1H3. The summed E-state index contributed by atoms with van der Waals surface area (Å²) in [6, 6.07) is 13.8. The fourth-order valence-corrected chi connectivity index (χ4v) is 7.23. The molecule has 0 spiro atoms. The van der Waals surface area contributed by atoms with E-state index in [-0.39, 0.29) is 38.4 Å². The maximum Gasteiger partial charge on any atom is 0.246 e. The molecule has 0 saturated carbocycles. The Morgan fingerprint density at radius 2 is 1.89 bits per heavy atom. The molecule has 2 aromatic carbocycles. The SMILES string of the molecule is CCc1cccc2sc(N(Cc3ccccn3)C(=O)C3CCN(S(=O)(=O)c4cc(F)ccc4F)CC3)nc12. The van der Waals surface area contributed by atoms with Crippen molar-refractivity contribution < 1.29 is 22.0 Å². The van der Waals surface area contributed by atoms with E-state index < -0.39 is 32.5 Å². The van der Waals surface area contributed by atoms with Crippen LogP contribution < -0.4 is 4.90 Å². The Morgan fingerprint density at radius 3 is 2.61 bits per heavy atom. The molecule has 1 fully saturated rings. The van der Waals surface area contributed by atoms with Crippen LogP contribution in [0, 0.1) is 17.6 Å². The van der Waals surface area contributed by atoms with Crippen molar-refractivity contribution in [2.24, 2.45) is 5.92 Å². The lowest BCUT2D eigenvalue weighted by Gasteiger charge is -2.33. The molecule has 1 amide bonds. The second-order valence-electron chi connectivity index (χ2n) is 9.11. The number of piperidine rings is 1. The van der Waals surface area contributed by atoms with Crippen molar-refractivity contribution >= 4 is 42.6 Å². The molecule has 7 nitrogen and oxygen atoms in total. The Hall–Kier alpha value is -3.28. The van der Waals surface area contributed by atoms with Crippen LogP contribution in [0.1, 0.15) is 31.0 Å². The smallest absolute Gasteiger partial charge is 0.246 e. The van der Waals surface area contributed by atoms with E-state index >= 15 is 0 Å². The molecule has 4 aromatic rings. The van der Waals surface area contributed by atoms with Crippen LogP contribution in [0.2, 0.25) is 0 Å². The molecule has 0 unspecified atom stereocenters. The Balaban J connectivity index is 1.39. The van der Waals surface area contributed by atoms with E-state index in [1.54, 1.807) is 17.2 Å². The van der Waals surface area contributed by atoms with Crippen LogP contribution in [-0.2, 0) is 27.8 Å². The lowest BCUT2D eigenvalue weighted by Crippen LogP contribution is -2.44. The molecule has 2 aromatic heterocycles. The predicted octanol–water partition coefficient (Wildman–Crippen LogP) is 5.17. The van der Waals surface area contributed by atoms with Crippen molar-refractivity contribution in [1.82, 2.24) is 14.3 Å². The summed E-state index contributed by atoms with van der Waals surface area (Å²) in [6.45, 7) is 2.33. The lowest BCUT2D eigenvalue weighted by atomic mass is 9.96. The number of fused-ring (bicyclic) bond motifs is 1. The van der Waals surface area contributed by atoms with Crippen LogP contribution in [0.15, 0.2) is 65.7 Å². The summed E-state index contributed by atoms with van der Waals surface area (Å²) in [7, 11) is -4.24. The van der Waals surface area contributed by atoms with Gasteiger partial charge in [-0.1, -0.05) is 36.5 Å². The zero-order valence-electron chi connectivity index (χ0n) is 20.7. The van der Waals surface area contributed by atoms with E-state index in [2.05, 4.69) is 11.9 Å². The van der Waals surface area contributed by atoms with Crippen molar-refractivity contribution in [3.05, 3.63) is 83.7 Å². The van der Waals surface area contributed by atoms with Gasteiger partial charge in [-0.25, -0.2) is 22.2 Å². The monoisotopic (exact) mass is 556 g/mol. The quantitative estimate of drug-likeness (QED) is 0.314. The number of halogens is 2. The van der Waals surface area contributed by atoms with Gasteiger partial charge in [0.15, 0.2) is 5.13 Å². The number of anilines is 1. The summed E-state index contributed by atoms with van der Waals surface area (Å²) in [5.41, 5.74) is 2.67. The molecule has 0 N–H and O–H groups in total. The largest absolute Gasteiger partial charge is 0.282 e. The number of aryl methyl sites for hydroxylation is 1. The van der Waals surface area contributed by atoms with E-state index in [1.807, 2.05) is 30.3 Å². The molecule has 3 heterocycles. The van der Waals surface area contributed by atoms with Crippen molar-refractivity contribution in [3.63, 3.8) is 0 Å². The van der Waals surface area contributed by atoms with Gasteiger partial charge in [0.05, 0.1) is 22.5 Å². The molecule has 198 valence electrons. The van der Waals surface area contributed by atoms with Gasteiger partial charge in [0.2, 0.25) is 15.9 Å². The third-order valence-electron chi connectivity index (χ3n) is 6.73. The van der Waals surface area contributed by atoms with Crippen LogP contribution >= 0.6 is 11.3 Å². The summed E-state index contributed by atoms with van der Waals surface area (Å²) in [6.07, 6.45) is 2.98. The van der Waals surface area contributed by atoms with E-state index in [0.717, 1.165) is 38.6 Å². The molecule has 0 radical (unpaired) electrons. The Bertz CT molecular complexity index is 1570. The average molecular weight is 557 g/mol. The summed E-state index contributed by atoms with van der Waals surface area (Å²) in [5, 5.41) is 0.563. The minimum atomic E-state index is -4.24. The second kappa shape index (κ2) is 10.8. The van der Waals surface area contributed by atoms with Crippen LogP contribution in [-0.4, -0.2) is 41.7 Å². The first-order valence-corrected chi connectivity index (χ1v) is 14.6. The van der Waals surface area contributed by atoms with Gasteiger partial charge in [-0.05, 0) is 61.2 Å². The van der Waals surface area contributed by atoms with Gasteiger partial charge in [0.25, 0.3) is 0 Å². The number of aromatic nitrogens is 2. The Kier molecular flexibility index (Phi) is 7.51. The minimum Gasteiger partial charge on any atom is -0.282 e. The molecular weight excluding hydrogens is 530 g/mol. The Labute approximate surface area is 223 Å². The fraction of sp³-hybridized carbons (Fsp3) is 0.296. The van der Waals surface area contributed by atoms with Gasteiger partial charge >= 0.3 is 0 Å². The number of hydrogen-bond donors (Lipinski definition) is 0. The number of nitrogens with zero attached hydrogens (tertiary/aromatic N) is 4. The highest BCUT2D eigenvalue weighted by Crippen LogP contribution is 2.34. The molecule has 0 aliphatic carbocycles. The summed E-state index contributed by atoms with van der Waals surface area (Å²) >= 11 is 1.43. The molecule has 0 bridgehead atoms. The first kappa shape index (κ1) is 26.3. The Morgan fingerprint density at radius 1 is 1.11 bits per heavy atom. The maximum absolute atomic E-state index is 14.2. The van der Waals surface area contributed by atoms with E-state index in [4.69, 9.17) is 4.98 Å². The molecular formula is C27H26F2N4O3S2. The highest BCUT2D eigenvalue weighted by molar-refractivity contribution is 7.89. The van der Waals surface area contributed by atoms with Gasteiger partial charge in [0.1, 0.15) is 16.5 Å². The number of thiazole rings is 1. The number of benzene rings is 2. The van der Waals surface area contributed by atoms with Crippen molar-refractivity contribution in [1.29, 1.82) is 0 Å². The lowest BCUT2D eigenvalue weighted by molar-refractivity contribution is -0.123. The number of carbonyl (C=O) groups excluding carboxylic acids is 1. The molecule has 5 rings (SSSR count). The highest BCUT2D eigenvalue weighted by atomic mass is 32.2. The summed E-state index contributed by atoms with van der Waals surface area (Å²) in [4.78, 5) is 24.0. The zero-order chi connectivity index (χ0) is 26.9.